The van der Waals surface area contributed by atoms with Gasteiger partial charge in [0.15, 0.2) is 0 Å². The van der Waals surface area contributed by atoms with Gasteiger partial charge in [0.25, 0.3) is 0 Å². The van der Waals surface area contributed by atoms with Crippen LogP contribution in [-0.2, 0) is 17.1 Å². The van der Waals surface area contributed by atoms with Crippen LogP contribution in [0.2, 0.25) is 0 Å². The Bertz CT molecular complexity index is 913. The number of rotatable bonds is 4. The van der Waals surface area contributed by atoms with Crippen LogP contribution in [-0.4, -0.2) is 10.2 Å². The molecule has 0 heterocycles. The molecule has 0 fully saturated rings. The van der Waals surface area contributed by atoms with Gasteiger partial charge in [0.2, 0.25) is 0 Å². The summed E-state index contributed by atoms with van der Waals surface area (Å²) in [6.45, 7) is 2.14. The van der Waals surface area contributed by atoms with E-state index in [0.29, 0.717) is 0 Å². The Labute approximate surface area is 183 Å². The second kappa shape index (κ2) is 11.1. The normalized spacial score (nSPS) is 9.69. The van der Waals surface area contributed by atoms with E-state index in [1.165, 1.54) is 11.1 Å². The van der Waals surface area contributed by atoms with Gasteiger partial charge in [0, 0.05) is 0 Å². The number of benzene rings is 2. The van der Waals surface area contributed by atoms with Gasteiger partial charge in [-0.1, -0.05) is 47.9 Å². The van der Waals surface area contributed by atoms with E-state index in [-0.39, 0.29) is 28.6 Å². The fourth-order valence-electron chi connectivity index (χ4n) is 3.19. The summed E-state index contributed by atoms with van der Waals surface area (Å²) >= 11 is 0. The van der Waals surface area contributed by atoms with Crippen LogP contribution in [0.25, 0.3) is 11.1 Å². The van der Waals surface area contributed by atoms with Crippen molar-refractivity contribution in [3.63, 3.8) is 0 Å². The number of phenolic OH excluding ortho intramolecular Hbond substituents is 2. The summed E-state index contributed by atoms with van der Waals surface area (Å²) in [7, 11) is 0. The van der Waals surface area contributed by atoms with E-state index in [0.717, 1.165) is 23.1 Å². The average Bonchev–Trinajstić information content (AvgIpc) is 3.45. The van der Waals surface area contributed by atoms with Crippen molar-refractivity contribution in [2.45, 2.75) is 13.3 Å². The molecule has 0 aliphatic carbocycles. The van der Waals surface area contributed by atoms with Crippen LogP contribution in [0.3, 0.4) is 0 Å². The Hall–Kier alpha value is -3.00. The minimum absolute atomic E-state index is 0. The Morgan fingerprint density at radius 3 is 1.55 bits per heavy atom. The fraction of sp³-hybridized carbons (Fsp3) is 0.0769. The van der Waals surface area contributed by atoms with Gasteiger partial charge in [-0.05, 0) is 30.7 Å². The van der Waals surface area contributed by atoms with Gasteiger partial charge in [-0.25, -0.2) is 12.1 Å². The van der Waals surface area contributed by atoms with Crippen molar-refractivity contribution in [3.05, 3.63) is 120 Å². The molecular weight excluding hydrogens is 400 g/mol. The van der Waals surface area contributed by atoms with Crippen molar-refractivity contribution in [2.24, 2.45) is 0 Å². The van der Waals surface area contributed by atoms with Crippen LogP contribution >= 0.6 is 0 Å². The number of aromatic hydroxyl groups is 2. The summed E-state index contributed by atoms with van der Waals surface area (Å²) in [5.74, 6) is 0.510. The molecule has 0 radical (unpaired) electrons. The summed E-state index contributed by atoms with van der Waals surface area (Å²) in [5.41, 5.74) is 5.66. The third-order valence-corrected chi connectivity index (χ3v) is 4.53. The molecule has 0 spiro atoms. The van der Waals surface area contributed by atoms with Gasteiger partial charge in [-0.2, -0.15) is 30.3 Å². The molecule has 4 aromatic carbocycles. The second-order valence-corrected chi connectivity index (χ2v) is 6.44. The molecule has 3 heteroatoms. The molecule has 0 atom stereocenters. The first kappa shape index (κ1) is 22.3. The van der Waals surface area contributed by atoms with Crippen molar-refractivity contribution in [2.75, 3.05) is 0 Å². The van der Waals surface area contributed by atoms with E-state index in [2.05, 4.69) is 19.1 Å². The van der Waals surface area contributed by atoms with Crippen molar-refractivity contribution < 1.29 is 27.3 Å². The zero-order chi connectivity index (χ0) is 19.8. The molecule has 0 unspecified atom stereocenters. The van der Waals surface area contributed by atoms with Gasteiger partial charge in [0.1, 0.15) is 11.5 Å². The number of phenols is 2. The van der Waals surface area contributed by atoms with E-state index in [9.17, 15) is 10.2 Å². The molecule has 2 nitrogen and oxygen atoms in total. The van der Waals surface area contributed by atoms with E-state index in [4.69, 9.17) is 0 Å². The van der Waals surface area contributed by atoms with Crippen LogP contribution in [0, 0.1) is 0 Å². The van der Waals surface area contributed by atoms with Crippen molar-refractivity contribution in [1.82, 2.24) is 0 Å². The Morgan fingerprint density at radius 2 is 1.21 bits per heavy atom. The Kier molecular flexibility index (Phi) is 8.54. The maximum absolute atomic E-state index is 9.58. The van der Waals surface area contributed by atoms with E-state index < -0.39 is 0 Å². The molecule has 4 rings (SSSR count). The predicted molar refractivity (Wildman–Crippen MR) is 116 cm³/mol. The Balaban J connectivity index is 0.000000437. The van der Waals surface area contributed by atoms with Crippen LogP contribution in [0.5, 0.6) is 11.5 Å². The molecule has 0 aliphatic rings. The van der Waals surface area contributed by atoms with Crippen LogP contribution in [0.4, 0.5) is 0 Å². The van der Waals surface area contributed by atoms with Crippen LogP contribution < -0.4 is 0 Å². The molecule has 29 heavy (non-hydrogen) atoms. The minimum Gasteiger partial charge on any atom is -0.508 e. The van der Waals surface area contributed by atoms with E-state index in [1.807, 2.05) is 66.7 Å². The maximum Gasteiger partial charge on any atom is 2.00 e. The largest absolute Gasteiger partial charge is 2.00 e. The first-order chi connectivity index (χ1) is 13.7. The molecule has 0 saturated carbocycles. The first-order valence-corrected chi connectivity index (χ1v) is 9.39. The molecule has 0 bridgehead atoms. The topological polar surface area (TPSA) is 40.5 Å². The third-order valence-electron chi connectivity index (χ3n) is 4.53. The standard InChI is InChI=1S/C21H19O2.C5H5.Fe/c1-2-20(15-5-3-4-6-15)21(16-7-11-18(22)12-8-16)17-9-13-19(23)14-10-17;1-2-4-5-3-1;/h3-14,22-23H,2H2,1H3;1-5H;/q2*-1;+2. The van der Waals surface area contributed by atoms with Gasteiger partial charge in [-0.3, -0.25) is 0 Å². The van der Waals surface area contributed by atoms with Gasteiger partial charge >= 0.3 is 17.1 Å². The predicted octanol–water partition coefficient (Wildman–Crippen LogP) is 6.59. The van der Waals surface area contributed by atoms with Crippen LogP contribution in [0.1, 0.15) is 30.0 Å². The number of hydrogen-bond acceptors (Lipinski definition) is 2. The van der Waals surface area contributed by atoms with E-state index in [1.54, 1.807) is 24.3 Å². The summed E-state index contributed by atoms with van der Waals surface area (Å²) in [5, 5.41) is 19.2. The monoisotopic (exact) mass is 424 g/mol. The second-order valence-electron chi connectivity index (χ2n) is 6.44. The molecule has 2 N–H and O–H groups in total. The maximum atomic E-state index is 9.58. The van der Waals surface area contributed by atoms with Crippen LogP contribution in [0.15, 0.2) is 103 Å². The van der Waals surface area contributed by atoms with Gasteiger partial charge in [0.05, 0.1) is 0 Å². The molecule has 0 aliphatic heterocycles. The quantitative estimate of drug-likeness (QED) is 0.287. The smallest absolute Gasteiger partial charge is 0.508 e. The first-order valence-electron chi connectivity index (χ1n) is 9.39. The summed E-state index contributed by atoms with van der Waals surface area (Å²) in [6, 6.07) is 32.8. The SMILES string of the molecule is CCC(=C(c1ccc(O)cc1)c1ccc(O)cc1)[c-]1cccc1.[Fe+2].c1cc[cH-]c1. The summed E-state index contributed by atoms with van der Waals surface area (Å²) in [6.07, 6.45) is 0.890. The molecule has 0 saturated heterocycles. The zero-order valence-corrected chi connectivity index (χ0v) is 17.4. The van der Waals surface area contributed by atoms with Crippen molar-refractivity contribution in [3.8, 4) is 11.5 Å². The average molecular weight is 424 g/mol. The molecule has 0 amide bonds. The van der Waals surface area contributed by atoms with Crippen molar-refractivity contribution >= 4 is 11.1 Å². The minimum atomic E-state index is 0. The molecular formula is C26H24FeO2. The zero-order valence-electron chi connectivity index (χ0n) is 16.3. The number of allylic oxidation sites excluding steroid dienone is 1. The van der Waals surface area contributed by atoms with Gasteiger partial charge in [-0.15, -0.1) is 23.3 Å². The van der Waals surface area contributed by atoms with Crippen molar-refractivity contribution in [1.29, 1.82) is 0 Å². The molecule has 0 aromatic heterocycles. The number of hydrogen-bond donors (Lipinski definition) is 2. The summed E-state index contributed by atoms with van der Waals surface area (Å²) in [4.78, 5) is 0. The summed E-state index contributed by atoms with van der Waals surface area (Å²) < 4.78 is 0. The molecule has 4 aromatic rings. The molecule has 148 valence electrons. The van der Waals surface area contributed by atoms with Gasteiger partial charge < -0.3 is 10.2 Å². The third kappa shape index (κ3) is 5.99. The van der Waals surface area contributed by atoms with E-state index >= 15 is 0 Å². The Morgan fingerprint density at radius 1 is 0.759 bits per heavy atom. The fourth-order valence-corrected chi connectivity index (χ4v) is 3.19.